The summed E-state index contributed by atoms with van der Waals surface area (Å²) in [7, 11) is 0. The van der Waals surface area contributed by atoms with E-state index in [-0.39, 0.29) is 36.6 Å². The van der Waals surface area contributed by atoms with Crippen LogP contribution in [0, 0.1) is 34.0 Å². The van der Waals surface area contributed by atoms with Crippen LogP contribution in [0.1, 0.15) is 83.8 Å². The number of Topliss-reactive ketones (excluding diaryl/α,β-unsaturated/α-hetero) is 1. The van der Waals surface area contributed by atoms with Crippen molar-refractivity contribution in [3.05, 3.63) is 24.2 Å². The fourth-order valence-corrected chi connectivity index (χ4v) is 11.5. The van der Waals surface area contributed by atoms with Crippen molar-refractivity contribution >= 4 is 17.7 Å². The summed E-state index contributed by atoms with van der Waals surface area (Å²) in [5.41, 5.74) is -3.78. The maximum atomic E-state index is 14.7. The Balaban J connectivity index is 1.39. The molecule has 1 unspecified atom stereocenters. The van der Waals surface area contributed by atoms with Gasteiger partial charge in [0.25, 0.3) is 0 Å². The molecule has 0 amide bonds. The lowest BCUT2D eigenvalue weighted by molar-refractivity contribution is -0.275. The van der Waals surface area contributed by atoms with E-state index < -0.39 is 63.8 Å². The van der Waals surface area contributed by atoms with Crippen molar-refractivity contribution in [1.29, 1.82) is 0 Å². The van der Waals surface area contributed by atoms with Crippen molar-refractivity contribution in [2.24, 2.45) is 34.0 Å². The third-order valence-corrected chi connectivity index (χ3v) is 12.6. The number of rotatable bonds is 2. The molecule has 4 saturated heterocycles. The summed E-state index contributed by atoms with van der Waals surface area (Å²) in [5.74, 6) is -1.95. The predicted molar refractivity (Wildman–Crippen MR) is 136 cm³/mol. The van der Waals surface area contributed by atoms with Gasteiger partial charge in [-0.25, -0.2) is 4.79 Å². The Morgan fingerprint density at radius 3 is 2.48 bits per heavy atom. The molecule has 8 rings (SSSR count). The second kappa shape index (κ2) is 7.78. The molecule has 1 aromatic heterocycles. The summed E-state index contributed by atoms with van der Waals surface area (Å²) in [5, 5.41) is 12.6. The van der Waals surface area contributed by atoms with E-state index in [1.54, 1.807) is 12.5 Å². The van der Waals surface area contributed by atoms with Crippen molar-refractivity contribution in [2.45, 2.75) is 108 Å². The Morgan fingerprint density at radius 1 is 0.975 bits per heavy atom. The first kappa shape index (κ1) is 25.5. The van der Waals surface area contributed by atoms with Gasteiger partial charge in [-0.1, -0.05) is 26.2 Å². The number of fused-ring (bicyclic) bond motifs is 1. The Kier molecular flexibility index (Phi) is 4.95. The summed E-state index contributed by atoms with van der Waals surface area (Å²) < 4.78 is 30.6. The minimum atomic E-state index is -1.34. The topological polar surface area (TPSA) is 125 Å². The van der Waals surface area contributed by atoms with Crippen LogP contribution >= 0.6 is 0 Å². The first-order chi connectivity index (χ1) is 19.1. The highest BCUT2D eigenvalue weighted by Crippen LogP contribution is 2.82. The standard InChI is InChI=1S/C31H38O9/c1-27(2)22-21(33)23(34)30(17-7-5-4-6-8-17)18(29(22)15-37-20(32)13-19(29)39-27)9-11-28(3)24(16-10-12-36-14-16)38-26(35)25-31(28,30)40-25/h10,12,14,17-19,22-25,34H,4-9,11,13,15H2,1-3H3/t18?,19-,22+,23+,24-,25+,28-,29-,30-,31-/m0/s1. The molecule has 1 N–H and O–H groups in total. The highest BCUT2D eigenvalue weighted by atomic mass is 16.7. The van der Waals surface area contributed by atoms with Gasteiger partial charge in [-0.3, -0.25) is 9.59 Å². The van der Waals surface area contributed by atoms with Crippen LogP contribution < -0.4 is 0 Å². The molecule has 4 aliphatic heterocycles. The molecule has 0 radical (unpaired) electrons. The Morgan fingerprint density at radius 2 is 1.75 bits per heavy atom. The maximum Gasteiger partial charge on any atom is 0.339 e. The number of carbonyl (C=O) groups is 3. The van der Waals surface area contributed by atoms with Gasteiger partial charge >= 0.3 is 11.9 Å². The van der Waals surface area contributed by atoms with Crippen LogP contribution in [0.2, 0.25) is 0 Å². The molecule has 2 spiro atoms. The molecule has 7 fully saturated rings. The number of ether oxygens (including phenoxy) is 4. The molecular formula is C31H38O9. The number of carbonyl (C=O) groups excluding carboxylic acids is 3. The molecule has 1 aromatic rings. The van der Waals surface area contributed by atoms with E-state index in [9.17, 15) is 19.5 Å². The van der Waals surface area contributed by atoms with Crippen LogP contribution in [-0.4, -0.2) is 58.9 Å². The van der Waals surface area contributed by atoms with Crippen LogP contribution in [0.4, 0.5) is 0 Å². The average Bonchev–Trinajstić information content (AvgIpc) is 3.37. The molecule has 0 bridgehead atoms. The van der Waals surface area contributed by atoms with E-state index in [0.29, 0.717) is 12.8 Å². The lowest BCUT2D eigenvalue weighted by Crippen LogP contribution is -2.79. The summed E-state index contributed by atoms with van der Waals surface area (Å²) in [6, 6.07) is 1.82. The fourth-order valence-electron chi connectivity index (χ4n) is 11.5. The summed E-state index contributed by atoms with van der Waals surface area (Å²) in [6.45, 7) is 5.98. The normalized spacial score (nSPS) is 51.0. The van der Waals surface area contributed by atoms with Gasteiger partial charge in [-0.15, -0.1) is 0 Å². The minimum Gasteiger partial charge on any atom is -0.472 e. The number of epoxide rings is 1. The van der Waals surface area contributed by atoms with E-state index in [4.69, 9.17) is 23.4 Å². The van der Waals surface area contributed by atoms with Crippen LogP contribution in [-0.2, 0) is 33.3 Å². The van der Waals surface area contributed by atoms with E-state index in [1.807, 2.05) is 19.9 Å². The molecule has 3 saturated carbocycles. The highest BCUT2D eigenvalue weighted by Gasteiger charge is 2.92. The van der Waals surface area contributed by atoms with Gasteiger partial charge in [0.1, 0.15) is 24.4 Å². The predicted octanol–water partition coefficient (Wildman–Crippen LogP) is 3.67. The van der Waals surface area contributed by atoms with Crippen molar-refractivity contribution in [3.63, 3.8) is 0 Å². The quantitative estimate of drug-likeness (QED) is 0.431. The second-order valence-electron chi connectivity index (χ2n) is 14.3. The number of aliphatic hydroxyl groups excluding tert-OH is 1. The van der Waals surface area contributed by atoms with E-state index in [0.717, 1.165) is 37.7 Å². The largest absolute Gasteiger partial charge is 0.472 e. The van der Waals surface area contributed by atoms with Gasteiger partial charge in [-0.2, -0.15) is 0 Å². The molecule has 0 aromatic carbocycles. The Labute approximate surface area is 233 Å². The van der Waals surface area contributed by atoms with Gasteiger partial charge < -0.3 is 28.5 Å². The average molecular weight is 555 g/mol. The van der Waals surface area contributed by atoms with Crippen LogP contribution in [0.25, 0.3) is 0 Å². The van der Waals surface area contributed by atoms with Crippen LogP contribution in [0.15, 0.2) is 23.0 Å². The number of hydrogen-bond acceptors (Lipinski definition) is 9. The summed E-state index contributed by atoms with van der Waals surface area (Å²) in [4.78, 5) is 41.0. The molecule has 9 nitrogen and oxygen atoms in total. The molecule has 7 aliphatic rings. The van der Waals surface area contributed by atoms with Crippen LogP contribution in [0.3, 0.4) is 0 Å². The number of furan rings is 1. The first-order valence-corrected chi connectivity index (χ1v) is 15.0. The third-order valence-electron chi connectivity index (χ3n) is 12.6. The lowest BCUT2D eigenvalue weighted by atomic mass is 9.33. The zero-order chi connectivity index (χ0) is 27.9. The van der Waals surface area contributed by atoms with E-state index >= 15 is 0 Å². The summed E-state index contributed by atoms with van der Waals surface area (Å²) in [6.07, 6.45) is 6.02. The van der Waals surface area contributed by atoms with Crippen molar-refractivity contribution in [2.75, 3.05) is 6.61 Å². The molecule has 9 heteroatoms. The maximum absolute atomic E-state index is 14.7. The zero-order valence-corrected chi connectivity index (χ0v) is 23.4. The highest BCUT2D eigenvalue weighted by molar-refractivity contribution is 5.92. The van der Waals surface area contributed by atoms with Crippen molar-refractivity contribution in [1.82, 2.24) is 0 Å². The lowest BCUT2D eigenvalue weighted by Gasteiger charge is -2.69. The smallest absolute Gasteiger partial charge is 0.339 e. The van der Waals surface area contributed by atoms with E-state index in [2.05, 4.69) is 6.92 Å². The van der Waals surface area contributed by atoms with Gasteiger partial charge in [-0.05, 0) is 57.4 Å². The molecule has 40 heavy (non-hydrogen) atoms. The van der Waals surface area contributed by atoms with Crippen LogP contribution in [0.5, 0.6) is 0 Å². The molecule has 3 aliphatic carbocycles. The van der Waals surface area contributed by atoms with E-state index in [1.165, 1.54) is 0 Å². The monoisotopic (exact) mass is 554 g/mol. The number of cyclic esters (lactones) is 2. The van der Waals surface area contributed by atoms with Crippen molar-refractivity contribution in [3.8, 4) is 0 Å². The fraction of sp³-hybridized carbons (Fsp3) is 0.774. The third kappa shape index (κ3) is 2.61. The molecule has 216 valence electrons. The number of aliphatic hydroxyl groups is 1. The number of ketones is 1. The zero-order valence-electron chi connectivity index (χ0n) is 23.4. The number of esters is 2. The van der Waals surface area contributed by atoms with Gasteiger partial charge in [0.05, 0.1) is 36.6 Å². The van der Waals surface area contributed by atoms with Gasteiger partial charge in [0.2, 0.25) is 0 Å². The minimum absolute atomic E-state index is 0.0389. The first-order valence-electron chi connectivity index (χ1n) is 15.0. The van der Waals surface area contributed by atoms with Gasteiger partial charge in [0, 0.05) is 21.8 Å². The SMILES string of the molecule is CC1(C)O[C@H]2CC(=O)OC[C@]23C2CC[C@@]4(C)[C@H](c5ccoc5)OC(=O)[C@H]5O[C@@]54[C@]2(C2CCCCC2)[C@H](O)C(=O)[C@H]13. The number of hydrogen-bond donors (Lipinski definition) is 1. The summed E-state index contributed by atoms with van der Waals surface area (Å²) >= 11 is 0. The molecular weight excluding hydrogens is 516 g/mol. The molecule has 5 heterocycles. The second-order valence-corrected chi connectivity index (χ2v) is 14.3. The van der Waals surface area contributed by atoms with Crippen molar-refractivity contribution < 1.29 is 42.9 Å². The Hall–Kier alpha value is -2.23. The molecule has 10 atom stereocenters. The Bertz CT molecular complexity index is 1280. The van der Waals surface area contributed by atoms with Gasteiger partial charge in [0.15, 0.2) is 11.9 Å².